The predicted octanol–water partition coefficient (Wildman–Crippen LogP) is 4.19. The highest BCUT2D eigenvalue weighted by Crippen LogP contribution is 2.43. The first kappa shape index (κ1) is 12.0. The van der Waals surface area contributed by atoms with Gasteiger partial charge in [0.2, 0.25) is 0 Å². The zero-order valence-electron chi connectivity index (χ0n) is 12.1. The van der Waals surface area contributed by atoms with Gasteiger partial charge in [0.1, 0.15) is 0 Å². The van der Waals surface area contributed by atoms with E-state index in [-0.39, 0.29) is 0 Å². The number of fused-ring (bicyclic) bond motifs is 6. The molecule has 2 aliphatic heterocycles. The lowest BCUT2D eigenvalue weighted by atomic mass is 9.90. The minimum atomic E-state index is 0.596. The van der Waals surface area contributed by atoms with Gasteiger partial charge in [0, 0.05) is 45.5 Å². The SMILES string of the molecule is Cc1cc2c(s1)[C@@H]1Cc3c([nH]c4ccccc34)CN1CC2. The first-order valence-corrected chi connectivity index (χ1v) is 8.53. The van der Waals surface area contributed by atoms with E-state index in [4.69, 9.17) is 0 Å². The predicted molar refractivity (Wildman–Crippen MR) is 87.9 cm³/mol. The van der Waals surface area contributed by atoms with Crippen LogP contribution in [0.1, 0.15) is 32.6 Å². The van der Waals surface area contributed by atoms with Gasteiger partial charge in [-0.25, -0.2) is 0 Å². The molecular weight excluding hydrogens is 276 g/mol. The van der Waals surface area contributed by atoms with Crippen LogP contribution in [-0.2, 0) is 19.4 Å². The summed E-state index contributed by atoms with van der Waals surface area (Å²) in [5.74, 6) is 0. The Labute approximate surface area is 128 Å². The minimum absolute atomic E-state index is 0.596. The molecular formula is C18H18N2S. The molecule has 5 rings (SSSR count). The van der Waals surface area contributed by atoms with Crippen LogP contribution in [-0.4, -0.2) is 16.4 Å². The molecule has 4 heterocycles. The number of aromatic amines is 1. The highest BCUT2D eigenvalue weighted by molar-refractivity contribution is 7.12. The van der Waals surface area contributed by atoms with Crippen LogP contribution in [0, 0.1) is 6.92 Å². The quantitative estimate of drug-likeness (QED) is 0.658. The van der Waals surface area contributed by atoms with Crippen molar-refractivity contribution in [2.75, 3.05) is 6.54 Å². The van der Waals surface area contributed by atoms with Crippen LogP contribution in [0.4, 0.5) is 0 Å². The number of aromatic nitrogens is 1. The van der Waals surface area contributed by atoms with Crippen LogP contribution in [0.3, 0.4) is 0 Å². The van der Waals surface area contributed by atoms with Crippen LogP contribution in [0.25, 0.3) is 10.9 Å². The first-order valence-electron chi connectivity index (χ1n) is 7.71. The molecule has 21 heavy (non-hydrogen) atoms. The number of nitrogens with one attached hydrogen (secondary N) is 1. The lowest BCUT2D eigenvalue weighted by Crippen LogP contribution is -2.38. The summed E-state index contributed by atoms with van der Waals surface area (Å²) >= 11 is 2.01. The molecule has 0 bridgehead atoms. The summed E-state index contributed by atoms with van der Waals surface area (Å²) in [6.07, 6.45) is 2.37. The van der Waals surface area contributed by atoms with Crippen molar-refractivity contribution >= 4 is 22.2 Å². The monoisotopic (exact) mass is 294 g/mol. The number of thiophene rings is 1. The molecule has 2 aliphatic rings. The second-order valence-electron chi connectivity index (χ2n) is 6.31. The van der Waals surface area contributed by atoms with Crippen LogP contribution in [0.5, 0.6) is 0 Å². The maximum atomic E-state index is 3.64. The second-order valence-corrected chi connectivity index (χ2v) is 7.60. The summed E-state index contributed by atoms with van der Waals surface area (Å²) in [5, 5.41) is 1.42. The van der Waals surface area contributed by atoms with Crippen molar-refractivity contribution in [2.45, 2.75) is 32.4 Å². The zero-order chi connectivity index (χ0) is 14.0. The molecule has 0 spiro atoms. The number of nitrogens with zero attached hydrogens (tertiary/aromatic N) is 1. The van der Waals surface area contributed by atoms with E-state index >= 15 is 0 Å². The third-order valence-corrected chi connectivity index (χ3v) is 6.23. The molecule has 106 valence electrons. The number of H-pyrrole nitrogens is 1. The number of benzene rings is 1. The van der Waals surface area contributed by atoms with E-state index in [9.17, 15) is 0 Å². The van der Waals surface area contributed by atoms with Crippen LogP contribution < -0.4 is 0 Å². The van der Waals surface area contributed by atoms with E-state index in [2.05, 4.69) is 47.1 Å². The van der Waals surface area contributed by atoms with E-state index in [0.29, 0.717) is 6.04 Å². The van der Waals surface area contributed by atoms with E-state index in [0.717, 1.165) is 13.0 Å². The third kappa shape index (κ3) is 1.68. The van der Waals surface area contributed by atoms with Gasteiger partial charge < -0.3 is 4.98 Å². The van der Waals surface area contributed by atoms with E-state index in [1.165, 1.54) is 34.4 Å². The average molecular weight is 294 g/mol. The second kappa shape index (κ2) is 4.21. The summed E-state index contributed by atoms with van der Waals surface area (Å²) < 4.78 is 0. The third-order valence-electron chi connectivity index (χ3n) is 5.04. The van der Waals surface area contributed by atoms with E-state index < -0.39 is 0 Å². The van der Waals surface area contributed by atoms with Gasteiger partial charge >= 0.3 is 0 Å². The number of hydrogen-bond donors (Lipinski definition) is 1. The van der Waals surface area contributed by atoms with Crippen molar-refractivity contribution in [3.05, 3.63) is 56.9 Å². The number of para-hydroxylation sites is 1. The molecule has 1 N–H and O–H groups in total. The molecule has 3 heteroatoms. The highest BCUT2D eigenvalue weighted by atomic mass is 32.1. The van der Waals surface area contributed by atoms with Gasteiger partial charge in [0.15, 0.2) is 0 Å². The molecule has 3 aromatic rings. The molecule has 0 unspecified atom stereocenters. The molecule has 0 fully saturated rings. The Morgan fingerprint density at radius 2 is 2.19 bits per heavy atom. The van der Waals surface area contributed by atoms with E-state index in [1.54, 1.807) is 16.0 Å². The van der Waals surface area contributed by atoms with Crippen molar-refractivity contribution in [3.8, 4) is 0 Å². The number of aryl methyl sites for hydroxylation is 1. The molecule has 0 saturated heterocycles. The maximum Gasteiger partial charge on any atom is 0.0489 e. The van der Waals surface area contributed by atoms with Gasteiger partial charge in [0.05, 0.1) is 0 Å². The number of rotatable bonds is 0. The Morgan fingerprint density at radius 1 is 1.29 bits per heavy atom. The Balaban J connectivity index is 1.66. The first-order chi connectivity index (χ1) is 10.3. The van der Waals surface area contributed by atoms with E-state index in [1.807, 2.05) is 11.3 Å². The largest absolute Gasteiger partial charge is 0.357 e. The smallest absolute Gasteiger partial charge is 0.0489 e. The molecule has 0 aliphatic carbocycles. The molecule has 0 radical (unpaired) electrons. The minimum Gasteiger partial charge on any atom is -0.357 e. The number of hydrogen-bond acceptors (Lipinski definition) is 2. The standard InChI is InChI=1S/C18H18N2S/c1-11-8-12-6-7-20-10-16-14(9-17(20)18(12)21-11)13-4-2-3-5-15(13)19-16/h2-5,8,17,19H,6-7,9-10H2,1H3/t17-/m0/s1. The summed E-state index contributed by atoms with van der Waals surface area (Å²) in [4.78, 5) is 9.39. The van der Waals surface area contributed by atoms with Gasteiger partial charge in [-0.1, -0.05) is 18.2 Å². The van der Waals surface area contributed by atoms with Gasteiger partial charge in [0.25, 0.3) is 0 Å². The molecule has 1 aromatic carbocycles. The normalized spacial score (nSPS) is 21.1. The fourth-order valence-corrected chi connectivity index (χ4v) is 5.29. The Morgan fingerprint density at radius 3 is 3.14 bits per heavy atom. The zero-order valence-corrected chi connectivity index (χ0v) is 13.0. The average Bonchev–Trinajstić information content (AvgIpc) is 3.04. The maximum absolute atomic E-state index is 3.64. The van der Waals surface area contributed by atoms with Crippen molar-refractivity contribution in [1.29, 1.82) is 0 Å². The van der Waals surface area contributed by atoms with Crippen LogP contribution >= 0.6 is 11.3 Å². The lowest BCUT2D eigenvalue weighted by molar-refractivity contribution is 0.163. The summed E-state index contributed by atoms with van der Waals surface area (Å²) in [6.45, 7) is 4.51. The van der Waals surface area contributed by atoms with Gasteiger partial charge in [-0.05, 0) is 43.0 Å². The van der Waals surface area contributed by atoms with Crippen molar-refractivity contribution in [3.63, 3.8) is 0 Å². The topological polar surface area (TPSA) is 19.0 Å². The molecule has 1 atom stereocenters. The Bertz CT molecular complexity index is 842. The van der Waals surface area contributed by atoms with Crippen molar-refractivity contribution in [2.24, 2.45) is 0 Å². The molecule has 0 saturated carbocycles. The van der Waals surface area contributed by atoms with Crippen LogP contribution in [0.2, 0.25) is 0 Å². The molecule has 2 nitrogen and oxygen atoms in total. The fourth-order valence-electron chi connectivity index (χ4n) is 4.08. The summed E-state index contributed by atoms with van der Waals surface area (Å²) in [7, 11) is 0. The molecule has 0 amide bonds. The van der Waals surface area contributed by atoms with Crippen LogP contribution in [0.15, 0.2) is 30.3 Å². The lowest BCUT2D eigenvalue weighted by Gasteiger charge is -2.39. The highest BCUT2D eigenvalue weighted by Gasteiger charge is 2.34. The summed E-state index contributed by atoms with van der Waals surface area (Å²) in [5.41, 5.74) is 5.88. The van der Waals surface area contributed by atoms with Gasteiger partial charge in [-0.2, -0.15) is 0 Å². The molecule has 2 aromatic heterocycles. The van der Waals surface area contributed by atoms with Crippen molar-refractivity contribution < 1.29 is 0 Å². The Hall–Kier alpha value is -1.58. The van der Waals surface area contributed by atoms with Gasteiger partial charge in [-0.15, -0.1) is 11.3 Å². The van der Waals surface area contributed by atoms with Crippen molar-refractivity contribution in [1.82, 2.24) is 9.88 Å². The Kier molecular flexibility index (Phi) is 2.41. The van der Waals surface area contributed by atoms with Gasteiger partial charge in [-0.3, -0.25) is 4.90 Å². The summed E-state index contributed by atoms with van der Waals surface area (Å²) in [6, 6.07) is 11.8. The fraction of sp³-hybridized carbons (Fsp3) is 0.333.